The number of hydrogen-bond acceptors (Lipinski definition) is 6. The topological polar surface area (TPSA) is 64.1 Å². The molecule has 1 heterocycles. The van der Waals surface area contributed by atoms with Crippen LogP contribution in [0.4, 0.5) is 5.13 Å². The lowest BCUT2D eigenvalue weighted by atomic mass is 9.87. The zero-order valence-electron chi connectivity index (χ0n) is 14.6. The van der Waals surface area contributed by atoms with E-state index in [2.05, 4.69) is 36.3 Å². The van der Waals surface area contributed by atoms with E-state index in [4.69, 9.17) is 4.74 Å². The van der Waals surface area contributed by atoms with Gasteiger partial charge in [0.25, 0.3) is 5.91 Å². The van der Waals surface area contributed by atoms with Crippen molar-refractivity contribution >= 4 is 34.1 Å². The van der Waals surface area contributed by atoms with Crippen LogP contribution in [0.1, 0.15) is 40.2 Å². The first kappa shape index (κ1) is 18.7. The van der Waals surface area contributed by atoms with Crippen LogP contribution in [0, 0.1) is 0 Å². The molecule has 1 N–H and O–H groups in total. The lowest BCUT2D eigenvalue weighted by Gasteiger charge is -2.20. The first-order valence-corrected chi connectivity index (χ1v) is 9.64. The third kappa shape index (κ3) is 5.21. The lowest BCUT2D eigenvalue weighted by Crippen LogP contribution is -2.30. The predicted molar refractivity (Wildman–Crippen MR) is 100 cm³/mol. The molecule has 0 aliphatic heterocycles. The minimum Gasteiger partial charge on any atom is -0.481 e. The third-order valence-electron chi connectivity index (χ3n) is 3.31. The van der Waals surface area contributed by atoms with E-state index in [0.29, 0.717) is 10.9 Å². The van der Waals surface area contributed by atoms with Crippen LogP contribution in [0.3, 0.4) is 0 Å². The van der Waals surface area contributed by atoms with E-state index < -0.39 is 6.10 Å². The molecule has 2 aromatic rings. The van der Waals surface area contributed by atoms with Crippen molar-refractivity contribution < 1.29 is 9.53 Å². The summed E-state index contributed by atoms with van der Waals surface area (Å²) in [7, 11) is 0. The molecule has 0 fully saturated rings. The van der Waals surface area contributed by atoms with E-state index in [1.165, 1.54) is 16.9 Å². The standard InChI is InChI=1S/C17H23N3O2S2/c1-6-23-16-20-19-15(24-16)18-14(21)11(2)22-13-9-7-12(8-10-13)17(3,4)5/h7-11H,6H2,1-5H3,(H,18,19,21). The molecule has 1 atom stereocenters. The molecule has 0 bridgehead atoms. The van der Waals surface area contributed by atoms with Gasteiger partial charge in [-0.25, -0.2) is 0 Å². The number of rotatable bonds is 6. The quantitative estimate of drug-likeness (QED) is 0.609. The summed E-state index contributed by atoms with van der Waals surface area (Å²) < 4.78 is 6.56. The molecule has 7 heteroatoms. The van der Waals surface area contributed by atoms with Gasteiger partial charge in [-0.2, -0.15) is 0 Å². The molecule has 0 saturated carbocycles. The van der Waals surface area contributed by atoms with Crippen LogP contribution in [0.5, 0.6) is 5.75 Å². The number of benzene rings is 1. The van der Waals surface area contributed by atoms with Gasteiger partial charge in [0.1, 0.15) is 5.75 Å². The van der Waals surface area contributed by atoms with Crippen LogP contribution in [0.25, 0.3) is 0 Å². The number of nitrogens with zero attached hydrogens (tertiary/aromatic N) is 2. The Bertz CT molecular complexity index is 678. The minimum atomic E-state index is -0.614. The molecular formula is C17H23N3O2S2. The van der Waals surface area contributed by atoms with Gasteiger partial charge in [-0.1, -0.05) is 62.9 Å². The molecule has 1 aromatic carbocycles. The average molecular weight is 366 g/mol. The molecular weight excluding hydrogens is 342 g/mol. The van der Waals surface area contributed by atoms with Crippen LogP contribution in [-0.2, 0) is 10.2 Å². The average Bonchev–Trinajstić information content (AvgIpc) is 2.94. The number of hydrogen-bond donors (Lipinski definition) is 1. The fraction of sp³-hybridized carbons (Fsp3) is 0.471. The highest BCUT2D eigenvalue weighted by Gasteiger charge is 2.18. The second-order valence-electron chi connectivity index (χ2n) is 6.33. The molecule has 0 aliphatic rings. The van der Waals surface area contributed by atoms with E-state index in [1.54, 1.807) is 18.7 Å². The Morgan fingerprint density at radius 2 is 1.96 bits per heavy atom. The van der Waals surface area contributed by atoms with Crippen molar-refractivity contribution in [3.8, 4) is 5.75 Å². The van der Waals surface area contributed by atoms with Gasteiger partial charge in [0, 0.05) is 0 Å². The third-order valence-corrected chi connectivity index (χ3v) is 5.16. The summed E-state index contributed by atoms with van der Waals surface area (Å²) >= 11 is 2.97. The number of carbonyl (C=O) groups excluding carboxylic acids is 1. The lowest BCUT2D eigenvalue weighted by molar-refractivity contribution is -0.122. The van der Waals surface area contributed by atoms with Crippen molar-refractivity contribution in [3.05, 3.63) is 29.8 Å². The van der Waals surface area contributed by atoms with E-state index >= 15 is 0 Å². The summed E-state index contributed by atoms with van der Waals surface area (Å²) in [4.78, 5) is 12.2. The van der Waals surface area contributed by atoms with E-state index in [-0.39, 0.29) is 11.3 Å². The minimum absolute atomic E-state index is 0.0908. The summed E-state index contributed by atoms with van der Waals surface area (Å²) in [5.74, 6) is 1.36. The van der Waals surface area contributed by atoms with Crippen molar-refractivity contribution in [1.82, 2.24) is 10.2 Å². The number of anilines is 1. The highest BCUT2D eigenvalue weighted by Crippen LogP contribution is 2.26. The highest BCUT2D eigenvalue weighted by molar-refractivity contribution is 8.01. The van der Waals surface area contributed by atoms with E-state index in [0.717, 1.165) is 10.1 Å². The molecule has 0 aliphatic carbocycles. The number of thioether (sulfide) groups is 1. The van der Waals surface area contributed by atoms with Crippen molar-refractivity contribution in [3.63, 3.8) is 0 Å². The second kappa shape index (κ2) is 7.98. The number of aromatic nitrogens is 2. The molecule has 0 saturated heterocycles. The van der Waals surface area contributed by atoms with E-state index in [1.807, 2.05) is 31.2 Å². The molecule has 0 spiro atoms. The normalized spacial score (nSPS) is 12.7. The second-order valence-corrected chi connectivity index (χ2v) is 8.82. The SMILES string of the molecule is CCSc1nnc(NC(=O)C(C)Oc2ccc(C(C)(C)C)cc2)s1. The van der Waals surface area contributed by atoms with Crippen molar-refractivity contribution in [2.45, 2.75) is 50.5 Å². The number of ether oxygens (including phenoxy) is 1. The van der Waals surface area contributed by atoms with Gasteiger partial charge in [0.05, 0.1) is 0 Å². The van der Waals surface area contributed by atoms with Crippen LogP contribution in [-0.4, -0.2) is 28.0 Å². The number of carbonyl (C=O) groups is 1. The van der Waals surface area contributed by atoms with Crippen molar-refractivity contribution in [1.29, 1.82) is 0 Å². The van der Waals surface area contributed by atoms with Gasteiger partial charge in [0.15, 0.2) is 10.4 Å². The number of nitrogens with one attached hydrogen (secondary N) is 1. The predicted octanol–water partition coefficient (Wildman–Crippen LogP) is 4.35. The Labute approximate surface area is 151 Å². The van der Waals surface area contributed by atoms with Crippen molar-refractivity contribution in [2.75, 3.05) is 11.1 Å². The van der Waals surface area contributed by atoms with E-state index in [9.17, 15) is 4.79 Å². The maximum absolute atomic E-state index is 12.2. The van der Waals surface area contributed by atoms with Gasteiger partial charge in [-0.3, -0.25) is 10.1 Å². The fourth-order valence-electron chi connectivity index (χ4n) is 1.94. The smallest absolute Gasteiger partial charge is 0.266 e. The summed E-state index contributed by atoms with van der Waals surface area (Å²) in [6.07, 6.45) is -0.614. The van der Waals surface area contributed by atoms with Crippen LogP contribution in [0.15, 0.2) is 28.6 Å². The van der Waals surface area contributed by atoms with Gasteiger partial charge < -0.3 is 4.74 Å². The zero-order chi connectivity index (χ0) is 17.7. The molecule has 5 nitrogen and oxygen atoms in total. The van der Waals surface area contributed by atoms with Crippen LogP contribution in [0.2, 0.25) is 0 Å². The summed E-state index contributed by atoms with van der Waals surface area (Å²) in [6, 6.07) is 7.84. The Morgan fingerprint density at radius 1 is 1.29 bits per heavy atom. The van der Waals surface area contributed by atoms with Crippen LogP contribution >= 0.6 is 23.1 Å². The molecule has 0 radical (unpaired) electrons. The van der Waals surface area contributed by atoms with Gasteiger partial charge in [-0.05, 0) is 35.8 Å². The van der Waals surface area contributed by atoms with Crippen molar-refractivity contribution in [2.24, 2.45) is 0 Å². The molecule has 1 aromatic heterocycles. The largest absolute Gasteiger partial charge is 0.481 e. The number of amides is 1. The summed E-state index contributed by atoms with van der Waals surface area (Å²) in [5, 5.41) is 11.2. The Balaban J connectivity index is 1.93. The Morgan fingerprint density at radius 3 is 2.54 bits per heavy atom. The molecule has 130 valence electrons. The first-order chi connectivity index (χ1) is 11.3. The maximum Gasteiger partial charge on any atom is 0.266 e. The Hall–Kier alpha value is -1.60. The summed E-state index contributed by atoms with van der Waals surface area (Å²) in [6.45, 7) is 10.2. The maximum atomic E-state index is 12.2. The molecule has 1 unspecified atom stereocenters. The zero-order valence-corrected chi connectivity index (χ0v) is 16.3. The highest BCUT2D eigenvalue weighted by atomic mass is 32.2. The van der Waals surface area contributed by atoms with Gasteiger partial charge in [-0.15, -0.1) is 10.2 Å². The first-order valence-electron chi connectivity index (χ1n) is 7.84. The van der Waals surface area contributed by atoms with Crippen LogP contribution < -0.4 is 10.1 Å². The monoisotopic (exact) mass is 365 g/mol. The van der Waals surface area contributed by atoms with Gasteiger partial charge >= 0.3 is 0 Å². The Kier molecular flexibility index (Phi) is 6.23. The molecule has 1 amide bonds. The van der Waals surface area contributed by atoms with Gasteiger partial charge in [0.2, 0.25) is 5.13 Å². The fourth-order valence-corrected chi connectivity index (χ4v) is 3.59. The molecule has 24 heavy (non-hydrogen) atoms. The molecule has 2 rings (SSSR count). The summed E-state index contributed by atoms with van der Waals surface area (Å²) in [5.41, 5.74) is 1.31.